The highest BCUT2D eigenvalue weighted by Gasteiger charge is 2.14. The maximum absolute atomic E-state index is 11.4. The summed E-state index contributed by atoms with van der Waals surface area (Å²) in [6, 6.07) is 0. The number of hydrogen-bond acceptors (Lipinski definition) is 4. The predicted octanol–water partition coefficient (Wildman–Crippen LogP) is 1.82. The number of aromatic nitrogens is 3. The van der Waals surface area contributed by atoms with Gasteiger partial charge in [0.2, 0.25) is 0 Å². The summed E-state index contributed by atoms with van der Waals surface area (Å²) in [4.78, 5) is 16.3. The van der Waals surface area contributed by atoms with E-state index >= 15 is 0 Å². The van der Waals surface area contributed by atoms with Gasteiger partial charge in [-0.2, -0.15) is 5.10 Å². The molecule has 0 fully saturated rings. The minimum Gasteiger partial charge on any atom is -0.354 e. The van der Waals surface area contributed by atoms with Crippen molar-refractivity contribution in [3.8, 4) is 0 Å². The Balaban J connectivity index is 1.79. The molecule has 6 heteroatoms. The zero-order valence-corrected chi connectivity index (χ0v) is 11.4. The molecule has 1 N–H and O–H groups in total. The van der Waals surface area contributed by atoms with Gasteiger partial charge in [0, 0.05) is 24.8 Å². The topological polar surface area (TPSA) is 59.8 Å². The van der Waals surface area contributed by atoms with Crippen molar-refractivity contribution in [2.24, 2.45) is 0 Å². The van der Waals surface area contributed by atoms with E-state index in [4.69, 9.17) is 0 Å². The van der Waals surface area contributed by atoms with Gasteiger partial charge in [0.1, 0.15) is 9.88 Å². The SMILES string of the molecule is CNC(=O)c1cnc(/C=C/c2cnn3c2CCC3)s1. The summed E-state index contributed by atoms with van der Waals surface area (Å²) < 4.78 is 2.05. The molecule has 1 aliphatic rings. The number of amides is 1. The molecule has 3 rings (SSSR count). The normalized spacial score (nSPS) is 13.9. The smallest absolute Gasteiger partial charge is 0.262 e. The van der Waals surface area contributed by atoms with Crippen molar-refractivity contribution in [1.82, 2.24) is 20.1 Å². The molecule has 0 aliphatic carbocycles. The molecule has 0 spiro atoms. The number of rotatable bonds is 3. The Morgan fingerprint density at radius 2 is 2.37 bits per heavy atom. The molecule has 0 saturated carbocycles. The highest BCUT2D eigenvalue weighted by molar-refractivity contribution is 7.14. The van der Waals surface area contributed by atoms with E-state index in [1.807, 2.05) is 18.3 Å². The maximum Gasteiger partial charge on any atom is 0.262 e. The number of nitrogens with one attached hydrogen (secondary N) is 1. The number of fused-ring (bicyclic) bond motifs is 1. The number of aryl methyl sites for hydroxylation is 1. The molecule has 0 unspecified atom stereocenters. The Morgan fingerprint density at radius 3 is 3.21 bits per heavy atom. The fourth-order valence-corrected chi connectivity index (χ4v) is 2.95. The van der Waals surface area contributed by atoms with Crippen LogP contribution in [0.2, 0.25) is 0 Å². The Bertz CT molecular complexity index is 641. The number of hydrogen-bond donors (Lipinski definition) is 1. The summed E-state index contributed by atoms with van der Waals surface area (Å²) in [5, 5.41) is 7.76. The minimum absolute atomic E-state index is 0.0939. The second kappa shape index (κ2) is 4.97. The fraction of sp³-hybridized carbons (Fsp3) is 0.308. The zero-order valence-electron chi connectivity index (χ0n) is 10.6. The van der Waals surface area contributed by atoms with Gasteiger partial charge < -0.3 is 5.32 Å². The van der Waals surface area contributed by atoms with Gasteiger partial charge in [0.25, 0.3) is 5.91 Å². The Labute approximate surface area is 115 Å². The lowest BCUT2D eigenvalue weighted by Gasteiger charge is -1.93. The van der Waals surface area contributed by atoms with E-state index in [-0.39, 0.29) is 5.91 Å². The number of nitrogens with zero attached hydrogens (tertiary/aromatic N) is 3. The lowest BCUT2D eigenvalue weighted by molar-refractivity contribution is 0.0967. The van der Waals surface area contributed by atoms with Gasteiger partial charge in [-0.3, -0.25) is 9.48 Å². The first-order valence-corrected chi connectivity index (χ1v) is 7.00. The average Bonchev–Trinajstić information content (AvgIpc) is 3.12. The van der Waals surface area contributed by atoms with Crippen LogP contribution in [0.4, 0.5) is 0 Å². The van der Waals surface area contributed by atoms with Crippen LogP contribution in [0.25, 0.3) is 12.2 Å². The van der Waals surface area contributed by atoms with Crippen molar-refractivity contribution in [2.45, 2.75) is 19.4 Å². The molecule has 0 atom stereocenters. The Hall–Kier alpha value is -1.95. The summed E-state index contributed by atoms with van der Waals surface area (Å²) in [7, 11) is 1.62. The monoisotopic (exact) mass is 274 g/mol. The van der Waals surface area contributed by atoms with Crippen molar-refractivity contribution in [2.75, 3.05) is 7.05 Å². The molecule has 0 saturated heterocycles. The zero-order chi connectivity index (χ0) is 13.2. The van der Waals surface area contributed by atoms with Crippen LogP contribution in [0.5, 0.6) is 0 Å². The van der Waals surface area contributed by atoms with Crippen molar-refractivity contribution in [3.05, 3.63) is 33.5 Å². The van der Waals surface area contributed by atoms with Gasteiger partial charge in [-0.1, -0.05) is 0 Å². The summed E-state index contributed by atoms with van der Waals surface area (Å²) >= 11 is 1.38. The summed E-state index contributed by atoms with van der Waals surface area (Å²) in [5.41, 5.74) is 2.44. The van der Waals surface area contributed by atoms with Crippen LogP contribution in [0.3, 0.4) is 0 Å². The molecule has 2 aromatic rings. The van der Waals surface area contributed by atoms with Gasteiger partial charge >= 0.3 is 0 Å². The van der Waals surface area contributed by atoms with E-state index in [0.29, 0.717) is 4.88 Å². The Kier molecular flexibility index (Phi) is 3.16. The maximum atomic E-state index is 11.4. The molecular weight excluding hydrogens is 260 g/mol. The van der Waals surface area contributed by atoms with Crippen LogP contribution in [-0.4, -0.2) is 27.7 Å². The third kappa shape index (κ3) is 2.31. The second-order valence-corrected chi connectivity index (χ2v) is 5.41. The van der Waals surface area contributed by atoms with Crippen LogP contribution in [0.15, 0.2) is 12.4 Å². The van der Waals surface area contributed by atoms with Crippen LogP contribution >= 0.6 is 11.3 Å². The predicted molar refractivity (Wildman–Crippen MR) is 75.0 cm³/mol. The van der Waals surface area contributed by atoms with Crippen molar-refractivity contribution in [1.29, 1.82) is 0 Å². The molecule has 0 radical (unpaired) electrons. The highest BCUT2D eigenvalue weighted by Crippen LogP contribution is 2.21. The van der Waals surface area contributed by atoms with Gasteiger partial charge in [-0.15, -0.1) is 11.3 Å². The fourth-order valence-electron chi connectivity index (χ4n) is 2.18. The first-order valence-electron chi connectivity index (χ1n) is 6.18. The highest BCUT2D eigenvalue weighted by atomic mass is 32.1. The molecule has 5 nitrogen and oxygen atoms in total. The van der Waals surface area contributed by atoms with E-state index in [2.05, 4.69) is 20.1 Å². The molecule has 1 amide bonds. The third-order valence-electron chi connectivity index (χ3n) is 3.14. The summed E-state index contributed by atoms with van der Waals surface area (Å²) in [6.07, 6.45) is 9.71. The molecule has 2 aromatic heterocycles. The summed E-state index contributed by atoms with van der Waals surface area (Å²) in [6.45, 7) is 1.02. The number of carbonyl (C=O) groups excluding carboxylic acids is 1. The molecule has 1 aliphatic heterocycles. The average molecular weight is 274 g/mol. The molecular formula is C13H14N4OS. The van der Waals surface area contributed by atoms with Crippen LogP contribution in [0, 0.1) is 0 Å². The van der Waals surface area contributed by atoms with E-state index in [9.17, 15) is 4.79 Å². The van der Waals surface area contributed by atoms with Crippen molar-refractivity contribution >= 4 is 29.4 Å². The number of carbonyl (C=O) groups is 1. The lowest BCUT2D eigenvalue weighted by Crippen LogP contribution is -2.16. The minimum atomic E-state index is -0.0939. The van der Waals surface area contributed by atoms with Gasteiger partial charge in [0.05, 0.1) is 12.4 Å². The van der Waals surface area contributed by atoms with Crippen LogP contribution < -0.4 is 5.32 Å². The largest absolute Gasteiger partial charge is 0.354 e. The van der Waals surface area contributed by atoms with Gasteiger partial charge in [-0.25, -0.2) is 4.98 Å². The van der Waals surface area contributed by atoms with Gasteiger partial charge in [0.15, 0.2) is 0 Å². The van der Waals surface area contributed by atoms with Gasteiger partial charge in [-0.05, 0) is 25.0 Å². The Morgan fingerprint density at radius 1 is 1.47 bits per heavy atom. The van der Waals surface area contributed by atoms with E-state index in [0.717, 1.165) is 23.5 Å². The van der Waals surface area contributed by atoms with Crippen molar-refractivity contribution in [3.63, 3.8) is 0 Å². The lowest BCUT2D eigenvalue weighted by atomic mass is 10.2. The van der Waals surface area contributed by atoms with Crippen LogP contribution in [0.1, 0.15) is 32.4 Å². The van der Waals surface area contributed by atoms with E-state index < -0.39 is 0 Å². The van der Waals surface area contributed by atoms with E-state index in [1.165, 1.54) is 23.5 Å². The van der Waals surface area contributed by atoms with Crippen LogP contribution in [-0.2, 0) is 13.0 Å². The third-order valence-corrected chi connectivity index (χ3v) is 4.11. The van der Waals surface area contributed by atoms with E-state index in [1.54, 1.807) is 13.2 Å². The molecule has 19 heavy (non-hydrogen) atoms. The molecule has 3 heterocycles. The second-order valence-electron chi connectivity index (χ2n) is 4.35. The molecule has 98 valence electrons. The number of thiazole rings is 1. The quantitative estimate of drug-likeness (QED) is 0.928. The van der Waals surface area contributed by atoms with Crippen molar-refractivity contribution < 1.29 is 4.79 Å². The first-order chi connectivity index (χ1) is 9.28. The molecule has 0 bridgehead atoms. The summed E-state index contributed by atoms with van der Waals surface area (Å²) in [5.74, 6) is -0.0939. The first kappa shape index (κ1) is 12.1. The molecule has 0 aromatic carbocycles. The standard InChI is InChI=1S/C13H14N4OS/c1-14-13(18)11-8-15-12(19-11)5-4-9-7-16-17-6-2-3-10(9)17/h4-5,7-8H,2-3,6H2,1H3,(H,14,18)/b5-4+.